The molecular formula is C13H26N4O3. The number of hydrogen-bond acceptors (Lipinski definition) is 6. The van der Waals surface area contributed by atoms with Gasteiger partial charge in [0.15, 0.2) is 0 Å². The fraction of sp³-hybridized carbons (Fsp3) is 0.846. The van der Waals surface area contributed by atoms with Crippen molar-refractivity contribution >= 4 is 0 Å². The number of ether oxygens (including phenoxy) is 3. The largest absolute Gasteiger partial charge is 0.379 e. The number of nitrogens with zero attached hydrogens (tertiary/aromatic N) is 3. The molecule has 0 atom stereocenters. The lowest BCUT2D eigenvalue weighted by Crippen LogP contribution is -2.12. The minimum atomic E-state index is 0.589. The average Bonchev–Trinajstić information content (AvgIpc) is 2.89. The van der Waals surface area contributed by atoms with Crippen molar-refractivity contribution in [1.29, 1.82) is 0 Å². The molecule has 0 aliphatic heterocycles. The molecule has 0 fully saturated rings. The van der Waals surface area contributed by atoms with E-state index < -0.39 is 0 Å². The highest BCUT2D eigenvalue weighted by Crippen LogP contribution is 1.92. The molecule has 0 aliphatic rings. The Bertz CT molecular complexity index is 333. The molecule has 0 spiro atoms. The van der Waals surface area contributed by atoms with Gasteiger partial charge in [0.2, 0.25) is 0 Å². The Morgan fingerprint density at radius 2 is 1.70 bits per heavy atom. The van der Waals surface area contributed by atoms with Crippen molar-refractivity contribution in [3.8, 4) is 0 Å². The first-order chi connectivity index (χ1) is 9.86. The molecule has 0 aliphatic carbocycles. The summed E-state index contributed by atoms with van der Waals surface area (Å²) in [5, 5.41) is 11.1. The van der Waals surface area contributed by atoms with Gasteiger partial charge in [-0.2, -0.15) is 0 Å². The van der Waals surface area contributed by atoms with Gasteiger partial charge in [-0.3, -0.25) is 0 Å². The van der Waals surface area contributed by atoms with E-state index in [1.165, 1.54) is 0 Å². The highest BCUT2D eigenvalue weighted by Gasteiger charge is 1.99. The summed E-state index contributed by atoms with van der Waals surface area (Å²) in [6.07, 6.45) is 2.96. The van der Waals surface area contributed by atoms with Crippen molar-refractivity contribution in [2.45, 2.75) is 26.4 Å². The second kappa shape index (κ2) is 11.8. The smallest absolute Gasteiger partial charge is 0.0964 e. The standard InChI is InChI=1S/C13H26N4O3/c1-3-5-18-7-9-20-10-8-19-6-4-17-12-13(11-14-2)15-16-17/h12,14H,3-11H2,1-2H3. The molecule has 0 unspecified atom stereocenters. The van der Waals surface area contributed by atoms with Gasteiger partial charge < -0.3 is 19.5 Å². The molecule has 1 aromatic rings. The third-order valence-electron chi connectivity index (χ3n) is 2.50. The van der Waals surface area contributed by atoms with E-state index in [1.54, 1.807) is 4.68 Å². The maximum Gasteiger partial charge on any atom is 0.0964 e. The van der Waals surface area contributed by atoms with Gasteiger partial charge in [0.05, 0.1) is 45.3 Å². The van der Waals surface area contributed by atoms with E-state index in [-0.39, 0.29) is 0 Å². The van der Waals surface area contributed by atoms with Crippen LogP contribution in [0.5, 0.6) is 0 Å². The summed E-state index contributed by atoms with van der Waals surface area (Å²) in [5.41, 5.74) is 0.933. The summed E-state index contributed by atoms with van der Waals surface area (Å²) in [6, 6.07) is 0. The number of rotatable bonds is 13. The first kappa shape index (κ1) is 17.0. The van der Waals surface area contributed by atoms with Gasteiger partial charge in [-0.05, 0) is 13.5 Å². The summed E-state index contributed by atoms with van der Waals surface area (Å²) in [7, 11) is 1.88. The quantitative estimate of drug-likeness (QED) is 0.531. The summed E-state index contributed by atoms with van der Waals surface area (Å²) in [5.74, 6) is 0. The molecule has 7 heteroatoms. The van der Waals surface area contributed by atoms with Crippen molar-refractivity contribution in [3.63, 3.8) is 0 Å². The van der Waals surface area contributed by atoms with Crippen LogP contribution in [-0.2, 0) is 27.3 Å². The van der Waals surface area contributed by atoms with Crippen molar-refractivity contribution in [1.82, 2.24) is 20.3 Å². The van der Waals surface area contributed by atoms with Crippen molar-refractivity contribution < 1.29 is 14.2 Å². The highest BCUT2D eigenvalue weighted by atomic mass is 16.5. The molecule has 7 nitrogen and oxygen atoms in total. The Morgan fingerprint density at radius 1 is 1.05 bits per heavy atom. The van der Waals surface area contributed by atoms with Crippen LogP contribution in [0.4, 0.5) is 0 Å². The van der Waals surface area contributed by atoms with E-state index in [2.05, 4.69) is 22.6 Å². The SMILES string of the molecule is CCCOCCOCCOCCn1cc(CNC)nn1. The van der Waals surface area contributed by atoms with Crippen LogP contribution in [0.3, 0.4) is 0 Å². The maximum absolute atomic E-state index is 5.46. The zero-order valence-electron chi connectivity index (χ0n) is 12.5. The lowest BCUT2D eigenvalue weighted by molar-refractivity contribution is 0.0128. The average molecular weight is 286 g/mol. The van der Waals surface area contributed by atoms with Crippen LogP contribution in [0.15, 0.2) is 6.20 Å². The predicted octanol–water partition coefficient (Wildman–Crippen LogP) is 0.457. The Balaban J connectivity index is 1.89. The number of aromatic nitrogens is 3. The topological polar surface area (TPSA) is 70.4 Å². The minimum absolute atomic E-state index is 0.589. The van der Waals surface area contributed by atoms with E-state index >= 15 is 0 Å². The molecular weight excluding hydrogens is 260 g/mol. The van der Waals surface area contributed by atoms with Crippen LogP contribution in [0.1, 0.15) is 19.0 Å². The molecule has 0 radical (unpaired) electrons. The molecule has 116 valence electrons. The molecule has 1 heterocycles. The zero-order chi connectivity index (χ0) is 14.5. The molecule has 1 aromatic heterocycles. The van der Waals surface area contributed by atoms with Gasteiger partial charge in [0.25, 0.3) is 0 Å². The Hall–Kier alpha value is -1.02. The first-order valence-electron chi connectivity index (χ1n) is 7.13. The van der Waals surface area contributed by atoms with Gasteiger partial charge >= 0.3 is 0 Å². The molecule has 20 heavy (non-hydrogen) atoms. The van der Waals surface area contributed by atoms with E-state index in [1.807, 2.05) is 13.2 Å². The number of hydrogen-bond donors (Lipinski definition) is 1. The fourth-order valence-electron chi connectivity index (χ4n) is 1.55. The van der Waals surface area contributed by atoms with Gasteiger partial charge in [-0.15, -0.1) is 5.10 Å². The lowest BCUT2D eigenvalue weighted by Gasteiger charge is -2.06. The minimum Gasteiger partial charge on any atom is -0.379 e. The monoisotopic (exact) mass is 286 g/mol. The highest BCUT2D eigenvalue weighted by molar-refractivity contribution is 4.90. The normalized spacial score (nSPS) is 11.1. The van der Waals surface area contributed by atoms with Crippen molar-refractivity contribution in [2.24, 2.45) is 0 Å². The predicted molar refractivity (Wildman–Crippen MR) is 75.5 cm³/mol. The molecule has 0 bridgehead atoms. The Labute approximate surface area is 120 Å². The van der Waals surface area contributed by atoms with E-state index in [0.29, 0.717) is 39.6 Å². The molecule has 0 saturated heterocycles. The molecule has 0 amide bonds. The van der Waals surface area contributed by atoms with E-state index in [9.17, 15) is 0 Å². The Morgan fingerprint density at radius 3 is 2.35 bits per heavy atom. The molecule has 1 N–H and O–H groups in total. The van der Waals surface area contributed by atoms with Crippen LogP contribution < -0.4 is 5.32 Å². The van der Waals surface area contributed by atoms with Gasteiger partial charge in [-0.25, -0.2) is 4.68 Å². The second-order valence-corrected chi connectivity index (χ2v) is 4.34. The molecule has 1 rings (SSSR count). The van der Waals surface area contributed by atoms with Gasteiger partial charge in [-0.1, -0.05) is 12.1 Å². The summed E-state index contributed by atoms with van der Waals surface area (Å²) < 4.78 is 17.9. The van der Waals surface area contributed by atoms with Crippen molar-refractivity contribution in [2.75, 3.05) is 46.7 Å². The molecule has 0 aromatic carbocycles. The van der Waals surface area contributed by atoms with Crippen molar-refractivity contribution in [3.05, 3.63) is 11.9 Å². The Kier molecular flexibility index (Phi) is 10.0. The number of nitrogens with one attached hydrogen (secondary N) is 1. The van der Waals surface area contributed by atoms with Gasteiger partial charge in [0.1, 0.15) is 0 Å². The maximum atomic E-state index is 5.46. The van der Waals surface area contributed by atoms with Crippen LogP contribution in [0.2, 0.25) is 0 Å². The van der Waals surface area contributed by atoms with Crippen LogP contribution >= 0.6 is 0 Å². The van der Waals surface area contributed by atoms with E-state index in [0.717, 1.165) is 25.3 Å². The molecule has 0 saturated carbocycles. The lowest BCUT2D eigenvalue weighted by atomic mass is 10.5. The third kappa shape index (κ3) is 8.21. The van der Waals surface area contributed by atoms with Crippen LogP contribution in [0, 0.1) is 0 Å². The van der Waals surface area contributed by atoms with Gasteiger partial charge in [0, 0.05) is 19.3 Å². The first-order valence-corrected chi connectivity index (χ1v) is 7.13. The fourth-order valence-corrected chi connectivity index (χ4v) is 1.55. The van der Waals surface area contributed by atoms with E-state index in [4.69, 9.17) is 14.2 Å². The summed E-state index contributed by atoms with van der Waals surface area (Å²) in [6.45, 7) is 7.40. The van der Waals surface area contributed by atoms with Crippen LogP contribution in [-0.4, -0.2) is 61.7 Å². The van der Waals surface area contributed by atoms with Crippen LogP contribution in [0.25, 0.3) is 0 Å². The summed E-state index contributed by atoms with van der Waals surface area (Å²) >= 11 is 0. The second-order valence-electron chi connectivity index (χ2n) is 4.34. The zero-order valence-corrected chi connectivity index (χ0v) is 12.5. The third-order valence-corrected chi connectivity index (χ3v) is 2.50. The summed E-state index contributed by atoms with van der Waals surface area (Å²) in [4.78, 5) is 0.